The lowest BCUT2D eigenvalue weighted by molar-refractivity contribution is 0.521. The molecule has 0 aromatic carbocycles. The smallest absolute Gasteiger partial charge is 0.0302 e. The molecule has 1 aromatic heterocycles. The van der Waals surface area contributed by atoms with Crippen LogP contribution < -0.4 is 0 Å². The standard InChI is InChI=1S/C13H18S/c1-6-11(13(3,4)5)9-12-10(2)7-8-14-12/h6-9H,1H2,2-5H3/b11-9+. The summed E-state index contributed by atoms with van der Waals surface area (Å²) in [6.45, 7) is 12.7. The molecule has 1 heteroatoms. The third-order valence-corrected chi connectivity index (χ3v) is 3.24. The van der Waals surface area contributed by atoms with Gasteiger partial charge >= 0.3 is 0 Å². The van der Waals surface area contributed by atoms with E-state index in [9.17, 15) is 0 Å². The lowest BCUT2D eigenvalue weighted by atomic mass is 9.86. The number of allylic oxidation sites excluding steroid dienone is 2. The minimum absolute atomic E-state index is 0.179. The summed E-state index contributed by atoms with van der Waals surface area (Å²) in [7, 11) is 0. The molecule has 0 unspecified atom stereocenters. The highest BCUT2D eigenvalue weighted by Gasteiger charge is 2.14. The van der Waals surface area contributed by atoms with E-state index in [2.05, 4.69) is 51.8 Å². The van der Waals surface area contributed by atoms with Crippen LogP contribution in [0.2, 0.25) is 0 Å². The molecule has 1 rings (SSSR count). The van der Waals surface area contributed by atoms with Crippen molar-refractivity contribution in [1.29, 1.82) is 0 Å². The third kappa shape index (κ3) is 2.58. The van der Waals surface area contributed by atoms with Crippen LogP contribution in [0.15, 0.2) is 29.7 Å². The van der Waals surface area contributed by atoms with E-state index in [1.807, 2.05) is 6.08 Å². The fraction of sp³-hybridized carbons (Fsp3) is 0.385. The van der Waals surface area contributed by atoms with Gasteiger partial charge in [0, 0.05) is 4.88 Å². The second kappa shape index (κ2) is 4.14. The highest BCUT2D eigenvalue weighted by molar-refractivity contribution is 7.11. The first-order valence-corrected chi connectivity index (χ1v) is 5.72. The average molecular weight is 206 g/mol. The van der Waals surface area contributed by atoms with E-state index >= 15 is 0 Å². The maximum absolute atomic E-state index is 3.87. The molecule has 1 heterocycles. The van der Waals surface area contributed by atoms with E-state index in [-0.39, 0.29) is 5.41 Å². The SMILES string of the molecule is C=C/C(=C\c1sccc1C)C(C)(C)C. The minimum atomic E-state index is 0.179. The van der Waals surface area contributed by atoms with Crippen molar-refractivity contribution in [2.75, 3.05) is 0 Å². The Kier molecular flexibility index (Phi) is 3.33. The summed E-state index contributed by atoms with van der Waals surface area (Å²) in [4.78, 5) is 1.34. The van der Waals surface area contributed by atoms with Gasteiger partial charge in [-0.15, -0.1) is 11.3 Å². The van der Waals surface area contributed by atoms with E-state index in [4.69, 9.17) is 0 Å². The molecule has 0 spiro atoms. The van der Waals surface area contributed by atoms with Gasteiger partial charge in [0.25, 0.3) is 0 Å². The molecule has 0 bridgehead atoms. The summed E-state index contributed by atoms with van der Waals surface area (Å²) >= 11 is 1.79. The number of thiophene rings is 1. The Balaban J connectivity index is 3.08. The molecule has 0 N–H and O–H groups in total. The van der Waals surface area contributed by atoms with Crippen molar-refractivity contribution in [2.45, 2.75) is 27.7 Å². The van der Waals surface area contributed by atoms with E-state index in [0.29, 0.717) is 0 Å². The van der Waals surface area contributed by atoms with Gasteiger partial charge in [0.15, 0.2) is 0 Å². The van der Waals surface area contributed by atoms with Crippen molar-refractivity contribution >= 4 is 17.4 Å². The largest absolute Gasteiger partial charge is 0.144 e. The Labute approximate surface area is 91.0 Å². The summed E-state index contributed by atoms with van der Waals surface area (Å²) < 4.78 is 0. The fourth-order valence-corrected chi connectivity index (χ4v) is 2.12. The lowest BCUT2D eigenvalue weighted by Gasteiger charge is -2.19. The van der Waals surface area contributed by atoms with Crippen LogP contribution >= 0.6 is 11.3 Å². The zero-order valence-corrected chi connectivity index (χ0v) is 10.2. The fourth-order valence-electron chi connectivity index (χ4n) is 1.26. The molecule has 14 heavy (non-hydrogen) atoms. The van der Waals surface area contributed by atoms with Crippen LogP contribution in [0.1, 0.15) is 31.2 Å². The van der Waals surface area contributed by atoms with Crippen LogP contribution in [-0.4, -0.2) is 0 Å². The number of hydrogen-bond acceptors (Lipinski definition) is 1. The second-order valence-electron chi connectivity index (χ2n) is 4.52. The van der Waals surface area contributed by atoms with E-state index < -0.39 is 0 Å². The summed E-state index contributed by atoms with van der Waals surface area (Å²) in [6.07, 6.45) is 4.20. The van der Waals surface area contributed by atoms with Crippen molar-refractivity contribution < 1.29 is 0 Å². The van der Waals surface area contributed by atoms with E-state index in [0.717, 1.165) is 0 Å². The zero-order chi connectivity index (χ0) is 10.8. The van der Waals surface area contributed by atoms with Crippen LogP contribution in [0, 0.1) is 12.3 Å². The molecule has 0 aliphatic rings. The Morgan fingerprint density at radius 2 is 2.07 bits per heavy atom. The molecule has 0 amide bonds. The zero-order valence-electron chi connectivity index (χ0n) is 9.42. The van der Waals surface area contributed by atoms with Gasteiger partial charge in [-0.05, 0) is 41.0 Å². The predicted octanol–water partition coefficient (Wildman–Crippen LogP) is 4.67. The van der Waals surface area contributed by atoms with Gasteiger partial charge in [-0.2, -0.15) is 0 Å². The highest BCUT2D eigenvalue weighted by Crippen LogP contribution is 2.30. The molecule has 0 saturated carbocycles. The van der Waals surface area contributed by atoms with Gasteiger partial charge in [0.1, 0.15) is 0 Å². The van der Waals surface area contributed by atoms with Gasteiger partial charge < -0.3 is 0 Å². The van der Waals surface area contributed by atoms with Gasteiger partial charge in [0.05, 0.1) is 0 Å². The molecular formula is C13H18S. The third-order valence-electron chi connectivity index (χ3n) is 2.27. The molecule has 0 aliphatic carbocycles. The maximum atomic E-state index is 3.87. The summed E-state index contributed by atoms with van der Waals surface area (Å²) in [5.41, 5.74) is 2.82. The first kappa shape index (κ1) is 11.3. The molecule has 0 radical (unpaired) electrons. The number of hydrogen-bond donors (Lipinski definition) is 0. The van der Waals surface area contributed by atoms with Crippen LogP contribution in [0.25, 0.3) is 6.08 Å². The summed E-state index contributed by atoms with van der Waals surface area (Å²) in [5, 5.41) is 2.13. The van der Waals surface area contributed by atoms with Crippen LogP contribution in [0.5, 0.6) is 0 Å². The molecule has 76 valence electrons. The second-order valence-corrected chi connectivity index (χ2v) is 5.47. The normalized spacial score (nSPS) is 13.0. The molecule has 1 aromatic rings. The van der Waals surface area contributed by atoms with Gasteiger partial charge in [-0.25, -0.2) is 0 Å². The lowest BCUT2D eigenvalue weighted by Crippen LogP contribution is -2.06. The van der Waals surface area contributed by atoms with Crippen LogP contribution in [0.4, 0.5) is 0 Å². The summed E-state index contributed by atoms with van der Waals surface area (Å²) in [6, 6.07) is 2.15. The first-order chi connectivity index (χ1) is 6.45. The minimum Gasteiger partial charge on any atom is -0.144 e. The van der Waals surface area contributed by atoms with Crippen LogP contribution in [-0.2, 0) is 0 Å². The van der Waals surface area contributed by atoms with Crippen molar-refractivity contribution in [3.8, 4) is 0 Å². The number of rotatable bonds is 2. The van der Waals surface area contributed by atoms with E-state index in [1.165, 1.54) is 16.0 Å². The summed E-state index contributed by atoms with van der Waals surface area (Å²) in [5.74, 6) is 0. The average Bonchev–Trinajstić information content (AvgIpc) is 2.45. The molecular weight excluding hydrogens is 188 g/mol. The van der Waals surface area contributed by atoms with Gasteiger partial charge in [0.2, 0.25) is 0 Å². The van der Waals surface area contributed by atoms with Crippen molar-refractivity contribution in [1.82, 2.24) is 0 Å². The number of aryl methyl sites for hydroxylation is 1. The molecule has 0 aliphatic heterocycles. The molecule has 0 saturated heterocycles. The highest BCUT2D eigenvalue weighted by atomic mass is 32.1. The Hall–Kier alpha value is -0.820. The van der Waals surface area contributed by atoms with Crippen LogP contribution in [0.3, 0.4) is 0 Å². The van der Waals surface area contributed by atoms with Crippen molar-refractivity contribution in [2.24, 2.45) is 5.41 Å². The molecule has 0 nitrogen and oxygen atoms in total. The van der Waals surface area contributed by atoms with Crippen molar-refractivity contribution in [3.05, 3.63) is 40.1 Å². The quantitative estimate of drug-likeness (QED) is 0.617. The Bertz CT molecular complexity index is 348. The predicted molar refractivity (Wildman–Crippen MR) is 66.7 cm³/mol. The topological polar surface area (TPSA) is 0 Å². The van der Waals surface area contributed by atoms with Gasteiger partial charge in [-0.3, -0.25) is 0 Å². The molecule has 0 atom stereocenters. The Morgan fingerprint density at radius 3 is 2.43 bits per heavy atom. The van der Waals surface area contributed by atoms with E-state index in [1.54, 1.807) is 11.3 Å². The molecule has 0 fully saturated rings. The monoisotopic (exact) mass is 206 g/mol. The first-order valence-electron chi connectivity index (χ1n) is 4.84. The maximum Gasteiger partial charge on any atom is 0.0302 e. The van der Waals surface area contributed by atoms with Crippen molar-refractivity contribution in [3.63, 3.8) is 0 Å². The Morgan fingerprint density at radius 1 is 1.43 bits per heavy atom. The van der Waals surface area contributed by atoms with Gasteiger partial charge in [-0.1, -0.05) is 33.4 Å².